The number of piperidine rings is 1. The summed E-state index contributed by atoms with van der Waals surface area (Å²) in [6.45, 7) is 3.52. The molecular weight excluding hydrogens is 306 g/mol. The topological polar surface area (TPSA) is 68.5 Å². The molecule has 3 rings (SSSR count). The van der Waals surface area contributed by atoms with E-state index < -0.39 is 0 Å². The Hall–Kier alpha value is -2.37. The molecule has 1 saturated heterocycles. The predicted molar refractivity (Wildman–Crippen MR) is 89.7 cm³/mol. The first-order chi connectivity index (χ1) is 11.7. The Kier molecular flexibility index (Phi) is 5.13. The number of hydrogen-bond acceptors (Lipinski definition) is 5. The van der Waals surface area contributed by atoms with Gasteiger partial charge in [0.05, 0.1) is 13.0 Å². The molecule has 2 heterocycles. The van der Waals surface area contributed by atoms with E-state index in [0.717, 1.165) is 37.1 Å². The fourth-order valence-corrected chi connectivity index (χ4v) is 3.05. The van der Waals surface area contributed by atoms with Crippen molar-refractivity contribution < 1.29 is 13.9 Å². The first kappa shape index (κ1) is 16.5. The number of carbonyl (C=O) groups is 1. The average Bonchev–Trinajstić information content (AvgIpc) is 3.12. The monoisotopic (exact) mass is 329 g/mol. The van der Waals surface area contributed by atoms with Gasteiger partial charge in [0.1, 0.15) is 5.75 Å². The quantitative estimate of drug-likeness (QED) is 0.842. The molecular formula is C18H23N3O3. The maximum absolute atomic E-state index is 12.1. The second-order valence-corrected chi connectivity index (χ2v) is 6.11. The van der Waals surface area contributed by atoms with Crippen molar-refractivity contribution in [2.75, 3.05) is 20.2 Å². The lowest BCUT2D eigenvalue weighted by Crippen LogP contribution is -2.39. The van der Waals surface area contributed by atoms with Gasteiger partial charge in [-0.05, 0) is 37.5 Å². The lowest BCUT2D eigenvalue weighted by atomic mass is 9.97. The van der Waals surface area contributed by atoms with Gasteiger partial charge in [0.15, 0.2) is 0 Å². The van der Waals surface area contributed by atoms with Crippen LogP contribution in [0.2, 0.25) is 0 Å². The summed E-state index contributed by atoms with van der Waals surface area (Å²) >= 11 is 0. The fraction of sp³-hybridized carbons (Fsp3) is 0.500. The van der Waals surface area contributed by atoms with Crippen LogP contribution in [0.1, 0.15) is 44.4 Å². The Labute approximate surface area is 141 Å². The molecule has 6 nitrogen and oxygen atoms in total. The van der Waals surface area contributed by atoms with Crippen molar-refractivity contribution in [2.45, 2.75) is 38.5 Å². The van der Waals surface area contributed by atoms with Crippen molar-refractivity contribution in [3.63, 3.8) is 0 Å². The van der Waals surface area contributed by atoms with E-state index in [1.807, 2.05) is 36.1 Å². The minimum absolute atomic E-state index is 0.117. The summed E-state index contributed by atoms with van der Waals surface area (Å²) in [7, 11) is 1.63. The number of amides is 1. The van der Waals surface area contributed by atoms with Gasteiger partial charge in [0, 0.05) is 25.1 Å². The Morgan fingerprint density at radius 3 is 3.08 bits per heavy atom. The van der Waals surface area contributed by atoms with Crippen LogP contribution in [0.4, 0.5) is 0 Å². The molecule has 1 aromatic carbocycles. The maximum atomic E-state index is 12.1. The standard InChI is InChI=1S/C18H23N3O3/c1-3-6-16(22)21-10-5-8-14(12-21)18-20-19-17(24-18)13-7-4-9-15(11-13)23-2/h4,7,9,11,14H,3,5-6,8,10,12H2,1-2H3. The third-order valence-corrected chi connectivity index (χ3v) is 4.34. The van der Waals surface area contributed by atoms with Gasteiger partial charge in [0.25, 0.3) is 0 Å². The second kappa shape index (κ2) is 7.47. The van der Waals surface area contributed by atoms with Gasteiger partial charge in [-0.15, -0.1) is 10.2 Å². The fourth-order valence-electron chi connectivity index (χ4n) is 3.05. The summed E-state index contributed by atoms with van der Waals surface area (Å²) in [6.07, 6.45) is 3.42. The Morgan fingerprint density at radius 2 is 2.29 bits per heavy atom. The molecule has 1 amide bonds. The molecule has 1 aliphatic heterocycles. The number of aromatic nitrogens is 2. The van der Waals surface area contributed by atoms with Crippen LogP contribution in [-0.4, -0.2) is 41.2 Å². The van der Waals surface area contributed by atoms with Crippen molar-refractivity contribution in [3.8, 4) is 17.2 Å². The molecule has 1 aromatic heterocycles. The first-order valence-electron chi connectivity index (χ1n) is 8.47. The number of carbonyl (C=O) groups excluding carboxylic acids is 1. The predicted octanol–water partition coefficient (Wildman–Crippen LogP) is 3.25. The minimum atomic E-state index is 0.117. The summed E-state index contributed by atoms with van der Waals surface area (Å²) in [6, 6.07) is 7.55. The molecule has 0 radical (unpaired) electrons. The van der Waals surface area contributed by atoms with Crippen molar-refractivity contribution in [1.29, 1.82) is 0 Å². The highest BCUT2D eigenvalue weighted by molar-refractivity contribution is 5.76. The van der Waals surface area contributed by atoms with Crippen LogP contribution in [0.25, 0.3) is 11.5 Å². The highest BCUT2D eigenvalue weighted by Crippen LogP contribution is 2.29. The smallest absolute Gasteiger partial charge is 0.247 e. The SMILES string of the molecule is CCCC(=O)N1CCCC(c2nnc(-c3cccc(OC)c3)o2)C1. The molecule has 0 saturated carbocycles. The lowest BCUT2D eigenvalue weighted by molar-refractivity contribution is -0.132. The summed E-state index contributed by atoms with van der Waals surface area (Å²) < 4.78 is 11.1. The zero-order valence-electron chi connectivity index (χ0n) is 14.2. The Morgan fingerprint density at radius 1 is 1.42 bits per heavy atom. The molecule has 1 aliphatic rings. The third-order valence-electron chi connectivity index (χ3n) is 4.34. The molecule has 6 heteroatoms. The number of likely N-dealkylation sites (tertiary alicyclic amines) is 1. The minimum Gasteiger partial charge on any atom is -0.497 e. The van der Waals surface area contributed by atoms with E-state index in [9.17, 15) is 4.79 Å². The van der Waals surface area contributed by atoms with Gasteiger partial charge in [-0.25, -0.2) is 0 Å². The van der Waals surface area contributed by atoms with Gasteiger partial charge < -0.3 is 14.1 Å². The molecule has 128 valence electrons. The highest BCUT2D eigenvalue weighted by atomic mass is 16.5. The molecule has 0 N–H and O–H groups in total. The molecule has 0 bridgehead atoms. The van der Waals surface area contributed by atoms with Crippen molar-refractivity contribution in [1.82, 2.24) is 15.1 Å². The van der Waals surface area contributed by atoms with Crippen LogP contribution in [-0.2, 0) is 4.79 Å². The second-order valence-electron chi connectivity index (χ2n) is 6.11. The van der Waals surface area contributed by atoms with E-state index in [2.05, 4.69) is 10.2 Å². The summed E-state index contributed by atoms with van der Waals surface area (Å²) in [5, 5.41) is 8.38. The van der Waals surface area contributed by atoms with Gasteiger partial charge >= 0.3 is 0 Å². The van der Waals surface area contributed by atoms with E-state index in [-0.39, 0.29) is 11.8 Å². The average molecular weight is 329 g/mol. The number of rotatable bonds is 5. The zero-order valence-corrected chi connectivity index (χ0v) is 14.2. The number of ether oxygens (including phenoxy) is 1. The number of nitrogens with zero attached hydrogens (tertiary/aromatic N) is 3. The Bertz CT molecular complexity index is 698. The first-order valence-corrected chi connectivity index (χ1v) is 8.47. The van der Waals surface area contributed by atoms with Gasteiger partial charge in [-0.2, -0.15) is 0 Å². The molecule has 1 fully saturated rings. The summed E-state index contributed by atoms with van der Waals surface area (Å²) in [5.74, 6) is 2.19. The van der Waals surface area contributed by atoms with Crippen LogP contribution >= 0.6 is 0 Å². The normalized spacial score (nSPS) is 17.8. The highest BCUT2D eigenvalue weighted by Gasteiger charge is 2.28. The van der Waals surface area contributed by atoms with Crippen LogP contribution in [0.15, 0.2) is 28.7 Å². The van der Waals surface area contributed by atoms with E-state index in [0.29, 0.717) is 24.7 Å². The van der Waals surface area contributed by atoms with E-state index in [1.165, 1.54) is 0 Å². The van der Waals surface area contributed by atoms with E-state index >= 15 is 0 Å². The molecule has 0 spiro atoms. The summed E-state index contributed by atoms with van der Waals surface area (Å²) in [5.41, 5.74) is 0.836. The summed E-state index contributed by atoms with van der Waals surface area (Å²) in [4.78, 5) is 14.0. The van der Waals surface area contributed by atoms with Gasteiger partial charge in [0.2, 0.25) is 17.7 Å². The van der Waals surface area contributed by atoms with Crippen molar-refractivity contribution >= 4 is 5.91 Å². The Balaban J connectivity index is 1.74. The van der Waals surface area contributed by atoms with Crippen LogP contribution in [0, 0.1) is 0 Å². The number of methoxy groups -OCH3 is 1. The number of benzene rings is 1. The van der Waals surface area contributed by atoms with Crippen LogP contribution in [0.5, 0.6) is 5.75 Å². The molecule has 2 aromatic rings. The van der Waals surface area contributed by atoms with E-state index in [4.69, 9.17) is 9.15 Å². The molecule has 24 heavy (non-hydrogen) atoms. The van der Waals surface area contributed by atoms with Gasteiger partial charge in [-0.1, -0.05) is 13.0 Å². The number of hydrogen-bond donors (Lipinski definition) is 0. The van der Waals surface area contributed by atoms with Gasteiger partial charge in [-0.3, -0.25) is 4.79 Å². The molecule has 1 unspecified atom stereocenters. The van der Waals surface area contributed by atoms with Crippen LogP contribution in [0.3, 0.4) is 0 Å². The van der Waals surface area contributed by atoms with Crippen molar-refractivity contribution in [3.05, 3.63) is 30.2 Å². The third kappa shape index (κ3) is 3.58. The van der Waals surface area contributed by atoms with Crippen LogP contribution < -0.4 is 4.74 Å². The lowest BCUT2D eigenvalue weighted by Gasteiger charge is -2.31. The zero-order chi connectivity index (χ0) is 16.9. The largest absolute Gasteiger partial charge is 0.497 e. The van der Waals surface area contributed by atoms with E-state index in [1.54, 1.807) is 7.11 Å². The van der Waals surface area contributed by atoms with Crippen molar-refractivity contribution in [2.24, 2.45) is 0 Å². The molecule has 1 atom stereocenters. The maximum Gasteiger partial charge on any atom is 0.247 e. The molecule has 0 aliphatic carbocycles.